The number of aryl methyl sites for hydroxylation is 1. The lowest BCUT2D eigenvalue weighted by molar-refractivity contribution is 0.996. The van der Waals surface area contributed by atoms with Crippen molar-refractivity contribution in [3.63, 3.8) is 0 Å². The Balaban J connectivity index is 2.99. The van der Waals surface area contributed by atoms with E-state index in [1.165, 1.54) is 0 Å². The maximum atomic E-state index is 8.85. The number of nitrogens with zero attached hydrogens (tertiary/aromatic N) is 4. The van der Waals surface area contributed by atoms with E-state index in [9.17, 15) is 0 Å². The summed E-state index contributed by atoms with van der Waals surface area (Å²) in [7, 11) is 0. The molecule has 0 fully saturated rings. The lowest BCUT2D eigenvalue weighted by Crippen LogP contribution is -1.95. The van der Waals surface area contributed by atoms with Gasteiger partial charge in [-0.25, -0.2) is 0 Å². The maximum absolute atomic E-state index is 8.85. The Bertz CT molecular complexity index is 509. The molecule has 4 nitrogen and oxygen atoms in total. The summed E-state index contributed by atoms with van der Waals surface area (Å²) in [5.41, 5.74) is 1.01. The number of halogens is 1. The van der Waals surface area contributed by atoms with Crippen LogP contribution in [0.2, 0.25) is 5.02 Å². The Kier molecular flexibility index (Phi) is 1.67. The maximum Gasteiger partial charge on any atom is 0.161 e. The molecule has 0 spiro atoms. The van der Waals surface area contributed by atoms with Crippen molar-refractivity contribution < 1.29 is 0 Å². The lowest BCUT2D eigenvalue weighted by Gasteiger charge is -1.99. The van der Waals surface area contributed by atoms with E-state index in [0.29, 0.717) is 22.2 Å². The van der Waals surface area contributed by atoms with Crippen molar-refractivity contribution in [2.75, 3.05) is 0 Å². The highest BCUT2D eigenvalue weighted by Gasteiger charge is 2.08. The van der Waals surface area contributed by atoms with Crippen LogP contribution in [-0.4, -0.2) is 14.6 Å². The second-order valence-electron chi connectivity index (χ2n) is 2.58. The van der Waals surface area contributed by atoms with E-state index >= 15 is 0 Å². The fourth-order valence-corrected chi connectivity index (χ4v) is 1.39. The van der Waals surface area contributed by atoms with Crippen molar-refractivity contribution >= 4 is 17.2 Å². The Labute approximate surface area is 79.4 Å². The number of rotatable bonds is 0. The molecule has 0 aromatic carbocycles. The van der Waals surface area contributed by atoms with Gasteiger partial charge in [0.05, 0.1) is 5.02 Å². The molecule has 0 atom stereocenters. The molecule has 0 aliphatic rings. The van der Waals surface area contributed by atoms with Crippen LogP contribution in [0.15, 0.2) is 12.1 Å². The third-order valence-corrected chi connectivity index (χ3v) is 2.09. The molecular weight excluding hydrogens is 188 g/mol. The highest BCUT2D eigenvalue weighted by atomic mass is 35.5. The Morgan fingerprint density at radius 2 is 2.23 bits per heavy atom. The summed E-state index contributed by atoms with van der Waals surface area (Å²) < 4.78 is 1.63. The molecule has 0 radical (unpaired) electrons. The molecule has 2 aromatic heterocycles. The number of fused-ring (bicyclic) bond motifs is 1. The molecule has 0 amide bonds. The van der Waals surface area contributed by atoms with Crippen LogP contribution in [0.4, 0.5) is 0 Å². The summed E-state index contributed by atoms with van der Waals surface area (Å²) in [6, 6.07) is 5.38. The smallest absolute Gasteiger partial charge is 0.161 e. The summed E-state index contributed by atoms with van der Waals surface area (Å²) in [6.07, 6.45) is 0. The highest BCUT2D eigenvalue weighted by molar-refractivity contribution is 6.31. The van der Waals surface area contributed by atoms with Crippen molar-refractivity contribution in [1.29, 1.82) is 5.26 Å². The molecule has 64 valence electrons. The van der Waals surface area contributed by atoms with Crippen LogP contribution in [0.3, 0.4) is 0 Å². The van der Waals surface area contributed by atoms with E-state index in [-0.39, 0.29) is 0 Å². The van der Waals surface area contributed by atoms with Gasteiger partial charge in [-0.1, -0.05) is 11.6 Å². The van der Waals surface area contributed by atoms with Crippen molar-refractivity contribution in [2.45, 2.75) is 6.92 Å². The zero-order valence-corrected chi connectivity index (χ0v) is 7.58. The number of nitriles is 1. The number of pyridine rings is 1. The molecule has 0 aliphatic carbocycles. The van der Waals surface area contributed by atoms with Crippen LogP contribution in [0.1, 0.15) is 11.5 Å². The fourth-order valence-electron chi connectivity index (χ4n) is 1.20. The molecule has 0 saturated heterocycles. The summed E-state index contributed by atoms with van der Waals surface area (Å²) >= 11 is 5.83. The minimum absolute atomic E-state index is 0.377. The van der Waals surface area contributed by atoms with Gasteiger partial charge in [0.2, 0.25) is 0 Å². The molecule has 2 rings (SSSR count). The first-order chi connectivity index (χ1) is 6.24. The van der Waals surface area contributed by atoms with Crippen LogP contribution >= 0.6 is 11.6 Å². The average Bonchev–Trinajstić information content (AvgIpc) is 2.49. The van der Waals surface area contributed by atoms with Gasteiger partial charge in [0.15, 0.2) is 5.65 Å². The van der Waals surface area contributed by atoms with Gasteiger partial charge < -0.3 is 0 Å². The van der Waals surface area contributed by atoms with Crippen LogP contribution in [-0.2, 0) is 0 Å². The highest BCUT2D eigenvalue weighted by Crippen LogP contribution is 2.17. The second kappa shape index (κ2) is 2.71. The van der Waals surface area contributed by atoms with Crippen molar-refractivity contribution in [2.24, 2.45) is 0 Å². The summed E-state index contributed by atoms with van der Waals surface area (Å²) in [5.74, 6) is 0.661. The molecule has 2 aromatic rings. The second-order valence-corrected chi connectivity index (χ2v) is 2.99. The van der Waals surface area contributed by atoms with E-state index in [4.69, 9.17) is 16.9 Å². The van der Waals surface area contributed by atoms with Gasteiger partial charge in [-0.05, 0) is 19.1 Å². The largest absolute Gasteiger partial charge is 0.269 e. The van der Waals surface area contributed by atoms with E-state index < -0.39 is 0 Å². The third kappa shape index (κ3) is 1.05. The predicted molar refractivity (Wildman–Crippen MR) is 47.4 cm³/mol. The van der Waals surface area contributed by atoms with E-state index in [1.807, 2.05) is 6.07 Å². The quantitative estimate of drug-likeness (QED) is 0.637. The first-order valence-corrected chi connectivity index (χ1v) is 4.02. The normalized spacial score (nSPS) is 10.2. The molecule has 5 heteroatoms. The molecule has 0 aliphatic heterocycles. The molecule has 0 N–H and O–H groups in total. The Morgan fingerprint density at radius 3 is 2.92 bits per heavy atom. The fraction of sp³-hybridized carbons (Fsp3) is 0.125. The van der Waals surface area contributed by atoms with Gasteiger partial charge >= 0.3 is 0 Å². The van der Waals surface area contributed by atoms with Gasteiger partial charge in [0.25, 0.3) is 0 Å². The van der Waals surface area contributed by atoms with Crippen molar-refractivity contribution in [1.82, 2.24) is 14.6 Å². The van der Waals surface area contributed by atoms with Crippen LogP contribution < -0.4 is 0 Å². The zero-order valence-electron chi connectivity index (χ0n) is 6.82. The van der Waals surface area contributed by atoms with E-state index in [0.717, 1.165) is 0 Å². The van der Waals surface area contributed by atoms with Gasteiger partial charge in [-0.3, -0.25) is 4.40 Å². The third-order valence-electron chi connectivity index (χ3n) is 1.78. The molecule has 0 bridgehead atoms. The van der Waals surface area contributed by atoms with E-state index in [1.54, 1.807) is 23.5 Å². The van der Waals surface area contributed by atoms with Crippen LogP contribution in [0.5, 0.6) is 0 Å². The average molecular weight is 193 g/mol. The Hall–Kier alpha value is -1.60. The molecule has 0 unspecified atom stereocenters. The first-order valence-electron chi connectivity index (χ1n) is 3.64. The van der Waals surface area contributed by atoms with Crippen LogP contribution in [0.25, 0.3) is 5.65 Å². The summed E-state index contributed by atoms with van der Waals surface area (Å²) in [5, 5.41) is 17.0. The standard InChI is InChI=1S/C8H5ClN4/c1-5-11-12-8-3-2-6(9)7(4-10)13(5)8/h2-3H,1H3. The molecule has 0 saturated carbocycles. The number of hydrogen-bond acceptors (Lipinski definition) is 3. The van der Waals surface area contributed by atoms with E-state index in [2.05, 4.69) is 10.2 Å². The van der Waals surface area contributed by atoms with Gasteiger partial charge in [0.1, 0.15) is 17.6 Å². The first kappa shape index (κ1) is 8.02. The lowest BCUT2D eigenvalue weighted by atomic mass is 10.3. The number of hydrogen-bond donors (Lipinski definition) is 0. The SMILES string of the molecule is Cc1nnc2ccc(Cl)c(C#N)n12. The zero-order chi connectivity index (χ0) is 9.42. The molecule has 2 heterocycles. The van der Waals surface area contributed by atoms with Gasteiger partial charge in [0, 0.05) is 0 Å². The number of aromatic nitrogens is 3. The summed E-state index contributed by atoms with van der Waals surface area (Å²) in [6.45, 7) is 1.77. The Morgan fingerprint density at radius 1 is 1.46 bits per heavy atom. The summed E-state index contributed by atoms with van der Waals surface area (Å²) in [4.78, 5) is 0. The molecule has 13 heavy (non-hydrogen) atoms. The monoisotopic (exact) mass is 192 g/mol. The topological polar surface area (TPSA) is 54.0 Å². The predicted octanol–water partition coefficient (Wildman–Crippen LogP) is 1.56. The van der Waals surface area contributed by atoms with Gasteiger partial charge in [-0.2, -0.15) is 5.26 Å². The van der Waals surface area contributed by atoms with Crippen LogP contribution in [0, 0.1) is 18.3 Å². The van der Waals surface area contributed by atoms with Crippen molar-refractivity contribution in [3.8, 4) is 6.07 Å². The minimum atomic E-state index is 0.377. The van der Waals surface area contributed by atoms with Gasteiger partial charge in [-0.15, -0.1) is 10.2 Å². The minimum Gasteiger partial charge on any atom is -0.269 e. The molecular formula is C8H5ClN4. The van der Waals surface area contributed by atoms with Crippen molar-refractivity contribution in [3.05, 3.63) is 28.7 Å².